The first-order valence-electron chi connectivity index (χ1n) is 9.71. The molecule has 2 aromatic rings. The third kappa shape index (κ3) is 4.05. The van der Waals surface area contributed by atoms with Gasteiger partial charge in [0.25, 0.3) is 5.91 Å². The lowest BCUT2D eigenvalue weighted by atomic mass is 10.0. The molecule has 156 valence electrons. The van der Waals surface area contributed by atoms with Gasteiger partial charge in [-0.2, -0.15) is 0 Å². The molecule has 1 atom stereocenters. The number of aliphatic carboxylic acids is 1. The van der Waals surface area contributed by atoms with Crippen molar-refractivity contribution in [2.75, 3.05) is 26.3 Å². The van der Waals surface area contributed by atoms with E-state index in [9.17, 15) is 19.5 Å². The monoisotopic (exact) mass is 410 g/mol. The summed E-state index contributed by atoms with van der Waals surface area (Å²) in [4.78, 5) is 38.0. The van der Waals surface area contributed by atoms with Crippen LogP contribution in [0.25, 0.3) is 11.1 Å². The molecule has 2 aliphatic heterocycles. The zero-order valence-corrected chi connectivity index (χ0v) is 16.2. The summed E-state index contributed by atoms with van der Waals surface area (Å²) in [6.45, 7) is 0.447. The van der Waals surface area contributed by atoms with E-state index in [1.807, 2.05) is 36.4 Å². The molecule has 2 aliphatic rings. The van der Waals surface area contributed by atoms with E-state index in [1.54, 1.807) is 18.2 Å². The SMILES string of the molecule is O=C(NCC(=O)N1CC2(C[C@H]1C(=O)O)OCCO2)c1cccc(-c2ccccc2)c1. The number of amides is 2. The van der Waals surface area contributed by atoms with E-state index in [1.165, 1.54) is 4.90 Å². The summed E-state index contributed by atoms with van der Waals surface area (Å²) < 4.78 is 11.1. The number of hydrogen-bond donors (Lipinski definition) is 2. The molecule has 30 heavy (non-hydrogen) atoms. The van der Waals surface area contributed by atoms with Crippen LogP contribution in [-0.4, -0.2) is 65.9 Å². The molecule has 8 nitrogen and oxygen atoms in total. The molecule has 0 unspecified atom stereocenters. The second kappa shape index (κ2) is 8.25. The van der Waals surface area contributed by atoms with Crippen molar-refractivity contribution in [3.05, 3.63) is 60.2 Å². The van der Waals surface area contributed by atoms with E-state index in [0.29, 0.717) is 18.8 Å². The number of ether oxygens (including phenoxy) is 2. The Morgan fingerprint density at radius 1 is 1.03 bits per heavy atom. The van der Waals surface area contributed by atoms with E-state index in [2.05, 4.69) is 5.32 Å². The number of carboxylic acid groups (broad SMARTS) is 1. The molecule has 1 spiro atoms. The average molecular weight is 410 g/mol. The number of nitrogens with zero attached hydrogens (tertiary/aromatic N) is 1. The number of nitrogens with one attached hydrogen (secondary N) is 1. The highest BCUT2D eigenvalue weighted by molar-refractivity contribution is 5.98. The normalized spacial score (nSPS) is 19.7. The maximum Gasteiger partial charge on any atom is 0.326 e. The van der Waals surface area contributed by atoms with Gasteiger partial charge in [0.2, 0.25) is 5.91 Å². The van der Waals surface area contributed by atoms with Crippen LogP contribution in [0.1, 0.15) is 16.8 Å². The number of carboxylic acids is 1. The minimum atomic E-state index is -1.12. The predicted octanol–water partition coefficient (Wildman–Crippen LogP) is 1.51. The quantitative estimate of drug-likeness (QED) is 0.774. The molecule has 2 aromatic carbocycles. The summed E-state index contributed by atoms with van der Waals surface area (Å²) >= 11 is 0. The third-order valence-electron chi connectivity index (χ3n) is 5.34. The van der Waals surface area contributed by atoms with Crippen molar-refractivity contribution in [3.8, 4) is 11.1 Å². The standard InChI is InChI=1S/C22H22N2O6/c25-19(24-14-22(29-9-10-30-22)12-18(24)21(27)28)13-23-20(26)17-8-4-7-16(11-17)15-5-2-1-3-6-15/h1-8,11,18H,9-10,12-14H2,(H,23,26)(H,27,28)/t18-/m0/s1. The Bertz CT molecular complexity index is 955. The topological polar surface area (TPSA) is 105 Å². The molecular weight excluding hydrogens is 388 g/mol. The Balaban J connectivity index is 1.41. The Morgan fingerprint density at radius 3 is 2.43 bits per heavy atom. The van der Waals surface area contributed by atoms with Crippen LogP contribution in [0.15, 0.2) is 54.6 Å². The molecule has 4 rings (SSSR count). The van der Waals surface area contributed by atoms with Crippen molar-refractivity contribution in [2.24, 2.45) is 0 Å². The summed E-state index contributed by atoms with van der Waals surface area (Å²) in [7, 11) is 0. The molecule has 8 heteroatoms. The molecule has 2 fully saturated rings. The van der Waals surface area contributed by atoms with Crippen molar-refractivity contribution in [3.63, 3.8) is 0 Å². The maximum atomic E-state index is 12.7. The lowest BCUT2D eigenvalue weighted by Gasteiger charge is -2.23. The minimum Gasteiger partial charge on any atom is -0.480 e. The summed E-state index contributed by atoms with van der Waals surface area (Å²) in [5.74, 6) is -3.09. The van der Waals surface area contributed by atoms with E-state index in [-0.39, 0.29) is 19.5 Å². The highest BCUT2D eigenvalue weighted by atomic mass is 16.7. The van der Waals surface area contributed by atoms with Gasteiger partial charge < -0.3 is 24.8 Å². The number of carbonyl (C=O) groups excluding carboxylic acids is 2. The van der Waals surface area contributed by atoms with Gasteiger partial charge in [0, 0.05) is 12.0 Å². The van der Waals surface area contributed by atoms with Gasteiger partial charge in [-0.15, -0.1) is 0 Å². The molecular formula is C22H22N2O6. The highest BCUT2D eigenvalue weighted by Crippen LogP contribution is 2.34. The first-order valence-corrected chi connectivity index (χ1v) is 9.71. The van der Waals surface area contributed by atoms with Crippen LogP contribution < -0.4 is 5.32 Å². The fourth-order valence-corrected chi connectivity index (χ4v) is 3.86. The smallest absolute Gasteiger partial charge is 0.326 e. The first-order chi connectivity index (χ1) is 14.5. The Labute approximate surface area is 173 Å². The second-order valence-electron chi connectivity index (χ2n) is 7.32. The van der Waals surface area contributed by atoms with Gasteiger partial charge in [-0.3, -0.25) is 9.59 Å². The van der Waals surface area contributed by atoms with Crippen molar-refractivity contribution < 1.29 is 29.0 Å². The molecule has 2 amide bonds. The molecule has 2 heterocycles. The Hall–Kier alpha value is -3.23. The molecule has 2 saturated heterocycles. The number of hydrogen-bond acceptors (Lipinski definition) is 5. The summed E-state index contributed by atoms with van der Waals surface area (Å²) in [5.41, 5.74) is 2.28. The Morgan fingerprint density at radius 2 is 1.73 bits per heavy atom. The maximum absolute atomic E-state index is 12.7. The van der Waals surface area contributed by atoms with Crippen LogP contribution in [0, 0.1) is 0 Å². The molecule has 0 radical (unpaired) electrons. The van der Waals surface area contributed by atoms with Gasteiger partial charge in [0.1, 0.15) is 6.04 Å². The first kappa shape index (κ1) is 20.1. The second-order valence-corrected chi connectivity index (χ2v) is 7.32. The molecule has 0 aliphatic carbocycles. The van der Waals surface area contributed by atoms with E-state index >= 15 is 0 Å². The van der Waals surface area contributed by atoms with Gasteiger partial charge in [-0.1, -0.05) is 42.5 Å². The molecule has 0 bridgehead atoms. The van der Waals surface area contributed by atoms with Gasteiger partial charge in [-0.05, 0) is 23.3 Å². The van der Waals surface area contributed by atoms with E-state index in [0.717, 1.165) is 11.1 Å². The fraction of sp³-hybridized carbons (Fsp3) is 0.318. The van der Waals surface area contributed by atoms with Crippen LogP contribution >= 0.6 is 0 Å². The van der Waals surface area contributed by atoms with Crippen LogP contribution in [0.3, 0.4) is 0 Å². The van der Waals surface area contributed by atoms with Crippen molar-refractivity contribution in [1.82, 2.24) is 10.2 Å². The van der Waals surface area contributed by atoms with Crippen LogP contribution in [-0.2, 0) is 19.1 Å². The number of rotatable bonds is 5. The summed E-state index contributed by atoms with van der Waals surface area (Å²) in [6, 6.07) is 15.7. The molecule has 2 N–H and O–H groups in total. The van der Waals surface area contributed by atoms with Crippen molar-refractivity contribution >= 4 is 17.8 Å². The number of benzene rings is 2. The van der Waals surface area contributed by atoms with Gasteiger partial charge in [-0.25, -0.2) is 4.79 Å². The van der Waals surface area contributed by atoms with E-state index in [4.69, 9.17) is 9.47 Å². The number of carbonyl (C=O) groups is 3. The lowest BCUT2D eigenvalue weighted by molar-refractivity contribution is -0.152. The molecule has 0 aromatic heterocycles. The summed E-state index contributed by atoms with van der Waals surface area (Å²) in [5, 5.41) is 12.1. The van der Waals surface area contributed by atoms with Gasteiger partial charge >= 0.3 is 5.97 Å². The van der Waals surface area contributed by atoms with Crippen molar-refractivity contribution in [1.29, 1.82) is 0 Å². The zero-order valence-electron chi connectivity index (χ0n) is 16.2. The minimum absolute atomic E-state index is 0.0299. The molecule has 0 saturated carbocycles. The number of likely N-dealkylation sites (tertiary alicyclic amines) is 1. The van der Waals surface area contributed by atoms with Gasteiger partial charge in [0.05, 0.1) is 26.3 Å². The van der Waals surface area contributed by atoms with Crippen LogP contribution in [0.5, 0.6) is 0 Å². The van der Waals surface area contributed by atoms with Crippen LogP contribution in [0.2, 0.25) is 0 Å². The van der Waals surface area contributed by atoms with E-state index < -0.39 is 29.6 Å². The van der Waals surface area contributed by atoms with Crippen LogP contribution in [0.4, 0.5) is 0 Å². The predicted molar refractivity (Wildman–Crippen MR) is 107 cm³/mol. The fourth-order valence-electron chi connectivity index (χ4n) is 3.86. The third-order valence-corrected chi connectivity index (χ3v) is 5.34. The lowest BCUT2D eigenvalue weighted by Crippen LogP contribution is -2.46. The largest absolute Gasteiger partial charge is 0.480 e. The van der Waals surface area contributed by atoms with Crippen molar-refractivity contribution in [2.45, 2.75) is 18.2 Å². The zero-order chi connectivity index (χ0) is 21.1. The average Bonchev–Trinajstić information content (AvgIpc) is 3.40. The highest BCUT2D eigenvalue weighted by Gasteiger charge is 2.52. The summed E-state index contributed by atoms with van der Waals surface area (Å²) in [6.07, 6.45) is 0.0706. The Kier molecular flexibility index (Phi) is 5.52. The van der Waals surface area contributed by atoms with Gasteiger partial charge in [0.15, 0.2) is 5.79 Å².